The number of amides is 1. The van der Waals surface area contributed by atoms with Crippen molar-refractivity contribution < 1.29 is 4.79 Å². The third-order valence-electron chi connectivity index (χ3n) is 3.69. The van der Waals surface area contributed by atoms with Crippen LogP contribution in [0.2, 0.25) is 0 Å². The molecule has 0 unspecified atom stereocenters. The second kappa shape index (κ2) is 8.32. The van der Waals surface area contributed by atoms with E-state index in [9.17, 15) is 4.79 Å². The zero-order valence-corrected chi connectivity index (χ0v) is 15.2. The predicted molar refractivity (Wildman–Crippen MR) is 93.2 cm³/mol. The second-order valence-electron chi connectivity index (χ2n) is 5.99. The minimum atomic E-state index is -0.374. The molecule has 21 heavy (non-hydrogen) atoms. The molecule has 1 amide bonds. The van der Waals surface area contributed by atoms with E-state index in [1.807, 2.05) is 20.8 Å². The Bertz CT molecular complexity index is 471. The highest BCUT2D eigenvalue weighted by Gasteiger charge is 2.26. The van der Waals surface area contributed by atoms with E-state index in [0.29, 0.717) is 12.5 Å². The van der Waals surface area contributed by atoms with Gasteiger partial charge in [0.25, 0.3) is 5.91 Å². The average Bonchev–Trinajstić information content (AvgIpc) is 2.96. The summed E-state index contributed by atoms with van der Waals surface area (Å²) in [5.74, 6) is 0.516. The molecule has 4 nitrogen and oxygen atoms in total. The molecule has 1 aromatic rings. The Kier molecular flexibility index (Phi) is 8.18. The Morgan fingerprint density at radius 1 is 1.38 bits per heavy atom. The van der Waals surface area contributed by atoms with Gasteiger partial charge in [-0.15, -0.1) is 36.2 Å². The maximum atomic E-state index is 12.3. The smallest absolute Gasteiger partial charge is 0.263 e. The lowest BCUT2D eigenvalue weighted by molar-refractivity contribution is 0.0919. The van der Waals surface area contributed by atoms with E-state index < -0.39 is 0 Å². The van der Waals surface area contributed by atoms with Crippen LogP contribution in [0.1, 0.15) is 65.8 Å². The Labute approximate surface area is 143 Å². The Hall–Kier alpha value is -0.360. The van der Waals surface area contributed by atoms with Crippen molar-refractivity contribution in [1.29, 1.82) is 0 Å². The number of hydrogen-bond acceptors (Lipinski definition) is 4. The molecule has 1 aliphatic rings. The van der Waals surface area contributed by atoms with E-state index in [-0.39, 0.29) is 36.3 Å². The zero-order chi connectivity index (χ0) is 14.0. The number of nitrogens with one attached hydrogen (secondary N) is 1. The van der Waals surface area contributed by atoms with Crippen molar-refractivity contribution in [3.8, 4) is 0 Å². The zero-order valence-electron chi connectivity index (χ0n) is 12.8. The molecule has 1 aromatic heterocycles. The molecule has 1 heterocycles. The van der Waals surface area contributed by atoms with E-state index in [1.54, 1.807) is 11.3 Å². The topological polar surface area (TPSA) is 68.0 Å². The first-order valence-corrected chi connectivity index (χ1v) is 7.74. The molecule has 0 spiro atoms. The predicted octanol–water partition coefficient (Wildman–Crippen LogP) is 3.42. The number of halogens is 2. The lowest BCUT2D eigenvalue weighted by Crippen LogP contribution is -2.48. The minimum Gasteiger partial charge on any atom is -0.345 e. The number of carbonyl (C=O) groups excluding carboxylic acids is 1. The van der Waals surface area contributed by atoms with Crippen molar-refractivity contribution >= 4 is 42.1 Å². The third kappa shape index (κ3) is 5.09. The van der Waals surface area contributed by atoms with Gasteiger partial charge in [0, 0.05) is 18.0 Å². The third-order valence-corrected chi connectivity index (χ3v) is 5.00. The molecule has 0 aromatic carbocycles. The van der Waals surface area contributed by atoms with Gasteiger partial charge < -0.3 is 11.1 Å². The highest BCUT2D eigenvalue weighted by Crippen LogP contribution is 2.37. The first-order chi connectivity index (χ1) is 8.93. The molecule has 2 rings (SSSR count). The van der Waals surface area contributed by atoms with Crippen molar-refractivity contribution in [2.75, 3.05) is 6.54 Å². The minimum absolute atomic E-state index is 0. The van der Waals surface area contributed by atoms with Gasteiger partial charge in [-0.05, 0) is 33.6 Å². The van der Waals surface area contributed by atoms with Gasteiger partial charge in [-0.2, -0.15) is 0 Å². The number of aromatic nitrogens is 1. The van der Waals surface area contributed by atoms with Crippen LogP contribution in [0.4, 0.5) is 0 Å². The second-order valence-corrected chi connectivity index (χ2v) is 7.02. The summed E-state index contributed by atoms with van der Waals surface area (Å²) >= 11 is 1.55. The summed E-state index contributed by atoms with van der Waals surface area (Å²) in [6, 6.07) is 0. The van der Waals surface area contributed by atoms with E-state index in [1.165, 1.54) is 25.7 Å². The normalized spacial score (nSPS) is 15.2. The van der Waals surface area contributed by atoms with Gasteiger partial charge in [0.15, 0.2) is 0 Å². The Morgan fingerprint density at radius 2 is 1.95 bits per heavy atom. The Morgan fingerprint density at radius 3 is 2.48 bits per heavy atom. The fourth-order valence-electron chi connectivity index (χ4n) is 2.39. The fourth-order valence-corrected chi connectivity index (χ4v) is 3.52. The van der Waals surface area contributed by atoms with E-state index in [4.69, 9.17) is 5.73 Å². The Balaban J connectivity index is 0.00000200. The van der Waals surface area contributed by atoms with Gasteiger partial charge in [0.05, 0.1) is 10.7 Å². The summed E-state index contributed by atoms with van der Waals surface area (Å²) in [5, 5.41) is 4.10. The molecule has 0 atom stereocenters. The van der Waals surface area contributed by atoms with Crippen LogP contribution in [0.3, 0.4) is 0 Å². The molecule has 7 heteroatoms. The molecule has 1 saturated carbocycles. The summed E-state index contributed by atoms with van der Waals surface area (Å²) in [6.07, 6.45) is 4.99. The van der Waals surface area contributed by atoms with Crippen molar-refractivity contribution in [1.82, 2.24) is 10.3 Å². The lowest BCUT2D eigenvalue weighted by atomic mass is 10.1. The monoisotopic (exact) mass is 353 g/mol. The lowest BCUT2D eigenvalue weighted by Gasteiger charge is -2.23. The number of carbonyl (C=O) groups is 1. The van der Waals surface area contributed by atoms with Crippen LogP contribution >= 0.6 is 36.2 Å². The highest BCUT2D eigenvalue weighted by atomic mass is 35.5. The molecule has 0 bridgehead atoms. The van der Waals surface area contributed by atoms with Crippen LogP contribution in [0, 0.1) is 6.92 Å². The van der Waals surface area contributed by atoms with Crippen molar-refractivity contribution in [2.45, 2.75) is 57.9 Å². The van der Waals surface area contributed by atoms with Crippen molar-refractivity contribution in [2.24, 2.45) is 5.73 Å². The largest absolute Gasteiger partial charge is 0.345 e. The van der Waals surface area contributed by atoms with Gasteiger partial charge in [-0.25, -0.2) is 4.98 Å². The quantitative estimate of drug-likeness (QED) is 0.871. The van der Waals surface area contributed by atoms with Crippen molar-refractivity contribution in [3.05, 3.63) is 15.6 Å². The van der Waals surface area contributed by atoms with Crippen LogP contribution in [0.15, 0.2) is 0 Å². The number of aryl methyl sites for hydroxylation is 1. The summed E-state index contributed by atoms with van der Waals surface area (Å²) in [7, 11) is 0. The average molecular weight is 354 g/mol. The van der Waals surface area contributed by atoms with Gasteiger partial charge in [0.1, 0.15) is 4.88 Å². The summed E-state index contributed by atoms with van der Waals surface area (Å²) in [5.41, 5.74) is 6.12. The molecular weight excluding hydrogens is 329 g/mol. The number of nitrogens with zero attached hydrogens (tertiary/aromatic N) is 1. The summed E-state index contributed by atoms with van der Waals surface area (Å²) in [4.78, 5) is 17.6. The molecule has 0 aliphatic heterocycles. The molecule has 1 aliphatic carbocycles. The first kappa shape index (κ1) is 20.6. The van der Waals surface area contributed by atoms with Gasteiger partial charge in [0.2, 0.25) is 0 Å². The number of rotatable bonds is 4. The molecule has 1 fully saturated rings. The van der Waals surface area contributed by atoms with Crippen LogP contribution in [0.5, 0.6) is 0 Å². The first-order valence-electron chi connectivity index (χ1n) is 6.93. The van der Waals surface area contributed by atoms with Crippen LogP contribution in [0.25, 0.3) is 0 Å². The number of nitrogens with two attached hydrogens (primary N) is 1. The van der Waals surface area contributed by atoms with E-state index in [2.05, 4.69) is 10.3 Å². The molecule has 0 saturated heterocycles. The van der Waals surface area contributed by atoms with Crippen molar-refractivity contribution in [3.63, 3.8) is 0 Å². The summed E-state index contributed by atoms with van der Waals surface area (Å²) < 4.78 is 0. The standard InChI is InChI=1S/C14H23N3OS.2ClH/c1-9-11(12(18)17-14(2,3)8-15)19-13(16-9)10-6-4-5-7-10;;/h10H,4-8,15H2,1-3H3,(H,17,18);2*1H. The molecule has 3 N–H and O–H groups in total. The van der Waals surface area contributed by atoms with E-state index >= 15 is 0 Å². The highest BCUT2D eigenvalue weighted by molar-refractivity contribution is 7.13. The maximum Gasteiger partial charge on any atom is 0.263 e. The number of hydrogen-bond donors (Lipinski definition) is 2. The fraction of sp³-hybridized carbons (Fsp3) is 0.714. The SMILES string of the molecule is Cc1nc(C2CCCC2)sc1C(=O)NC(C)(C)CN.Cl.Cl. The summed E-state index contributed by atoms with van der Waals surface area (Å²) in [6.45, 7) is 6.20. The molecule has 122 valence electrons. The van der Waals surface area contributed by atoms with Gasteiger partial charge in [-0.3, -0.25) is 4.79 Å². The van der Waals surface area contributed by atoms with Gasteiger partial charge in [-0.1, -0.05) is 12.8 Å². The molecular formula is C14H25Cl2N3OS. The van der Waals surface area contributed by atoms with E-state index in [0.717, 1.165) is 15.6 Å². The van der Waals surface area contributed by atoms with Gasteiger partial charge >= 0.3 is 0 Å². The maximum absolute atomic E-state index is 12.3. The van der Waals surface area contributed by atoms with Crippen LogP contribution in [-0.2, 0) is 0 Å². The van der Waals surface area contributed by atoms with Crippen LogP contribution in [-0.4, -0.2) is 23.0 Å². The number of thiazole rings is 1. The van der Waals surface area contributed by atoms with Crippen LogP contribution < -0.4 is 11.1 Å². The molecule has 0 radical (unpaired) electrons.